The number of carboxylic acid groups (broad SMARTS) is 1. The Bertz CT molecular complexity index is 1290. The highest BCUT2D eigenvalue weighted by Gasteiger charge is 2.30. The van der Waals surface area contributed by atoms with Crippen LogP contribution in [0.2, 0.25) is 0 Å². The summed E-state index contributed by atoms with van der Waals surface area (Å²) in [5.74, 6) is -0.429. The predicted octanol–water partition coefficient (Wildman–Crippen LogP) is 8.05. The fourth-order valence-electron chi connectivity index (χ4n) is 4.27. The molecule has 1 heterocycles. The van der Waals surface area contributed by atoms with Crippen LogP contribution in [0.25, 0.3) is 22.0 Å². The van der Waals surface area contributed by atoms with Gasteiger partial charge in [-0.15, -0.1) is 0 Å². The highest BCUT2D eigenvalue weighted by molar-refractivity contribution is 5.88. The van der Waals surface area contributed by atoms with Gasteiger partial charge in [0.05, 0.1) is 17.2 Å². The summed E-state index contributed by atoms with van der Waals surface area (Å²) in [6, 6.07) is 20.2. The van der Waals surface area contributed by atoms with Crippen LogP contribution >= 0.6 is 0 Å². The average Bonchev–Trinajstić information content (AvgIpc) is 3.22. The molecule has 4 rings (SSSR count). The zero-order chi connectivity index (χ0) is 24.5. The number of rotatable bonds is 7. The van der Waals surface area contributed by atoms with Gasteiger partial charge in [-0.1, -0.05) is 44.2 Å². The van der Waals surface area contributed by atoms with Crippen LogP contribution in [0.5, 0.6) is 0 Å². The Balaban J connectivity index is 1.69. The van der Waals surface area contributed by atoms with Crippen LogP contribution < -0.4 is 0 Å². The fraction of sp³-hybridized carbons (Fsp3) is 0.250. The monoisotopic (exact) mass is 465 g/mol. The van der Waals surface area contributed by atoms with E-state index in [4.69, 9.17) is 0 Å². The van der Waals surface area contributed by atoms with Crippen molar-refractivity contribution < 1.29 is 23.1 Å². The van der Waals surface area contributed by atoms with Crippen molar-refractivity contribution in [3.8, 4) is 11.1 Å². The molecule has 0 fully saturated rings. The third-order valence-corrected chi connectivity index (χ3v) is 6.16. The number of carbonyl (C=O) groups is 1. The number of halogens is 3. The normalized spacial score (nSPS) is 12.9. The maximum atomic E-state index is 12.9. The number of benzene rings is 3. The first-order valence-electron chi connectivity index (χ1n) is 11.2. The average molecular weight is 466 g/mol. The second kappa shape index (κ2) is 9.37. The van der Waals surface area contributed by atoms with Gasteiger partial charge in [0.25, 0.3) is 0 Å². The van der Waals surface area contributed by atoms with Crippen LogP contribution in [-0.2, 0) is 6.18 Å². The van der Waals surface area contributed by atoms with Gasteiger partial charge in [0, 0.05) is 17.1 Å². The fourth-order valence-corrected chi connectivity index (χ4v) is 4.27. The van der Waals surface area contributed by atoms with E-state index in [1.165, 1.54) is 12.1 Å². The first kappa shape index (κ1) is 23.6. The van der Waals surface area contributed by atoms with Crippen LogP contribution in [0.15, 0.2) is 79.0 Å². The van der Waals surface area contributed by atoms with Gasteiger partial charge in [-0.3, -0.25) is 0 Å². The molecule has 0 spiro atoms. The number of fused-ring (bicyclic) bond motifs is 1. The first-order valence-corrected chi connectivity index (χ1v) is 11.2. The smallest absolute Gasteiger partial charge is 0.416 e. The van der Waals surface area contributed by atoms with Crippen molar-refractivity contribution in [2.45, 2.75) is 38.9 Å². The SMILES string of the molecule is CC(C)CCC(c1ccc(C(=O)O)cc1)n1ccc2cc(-c3ccc(C(F)(F)F)cc3)ccc21. The van der Waals surface area contributed by atoms with Crippen molar-refractivity contribution in [1.29, 1.82) is 0 Å². The summed E-state index contributed by atoms with van der Waals surface area (Å²) in [6.07, 6.45) is -0.423. The van der Waals surface area contributed by atoms with E-state index < -0.39 is 17.7 Å². The minimum Gasteiger partial charge on any atom is -0.478 e. The molecule has 3 nitrogen and oxygen atoms in total. The number of hydrogen-bond acceptors (Lipinski definition) is 1. The number of aromatic carboxylic acids is 1. The highest BCUT2D eigenvalue weighted by atomic mass is 19.4. The molecule has 1 atom stereocenters. The largest absolute Gasteiger partial charge is 0.478 e. The molecular weight excluding hydrogens is 439 g/mol. The summed E-state index contributed by atoms with van der Waals surface area (Å²) in [5, 5.41) is 10.2. The van der Waals surface area contributed by atoms with E-state index in [-0.39, 0.29) is 11.6 Å². The van der Waals surface area contributed by atoms with E-state index in [0.717, 1.165) is 52.6 Å². The Morgan fingerprint density at radius 1 is 0.882 bits per heavy atom. The summed E-state index contributed by atoms with van der Waals surface area (Å²) in [5.41, 5.74) is 3.23. The summed E-state index contributed by atoms with van der Waals surface area (Å²) in [7, 11) is 0. The lowest BCUT2D eigenvalue weighted by atomic mass is 9.96. The van der Waals surface area contributed by atoms with E-state index >= 15 is 0 Å². The zero-order valence-electron chi connectivity index (χ0n) is 19.0. The summed E-state index contributed by atoms with van der Waals surface area (Å²) >= 11 is 0. The molecule has 0 amide bonds. The van der Waals surface area contributed by atoms with Gasteiger partial charge in [0.1, 0.15) is 0 Å². The topological polar surface area (TPSA) is 42.2 Å². The maximum absolute atomic E-state index is 12.9. The number of aromatic nitrogens is 1. The Hall–Kier alpha value is -3.54. The lowest BCUT2D eigenvalue weighted by molar-refractivity contribution is -0.137. The lowest BCUT2D eigenvalue weighted by Gasteiger charge is -2.22. The van der Waals surface area contributed by atoms with Crippen molar-refractivity contribution in [2.75, 3.05) is 0 Å². The highest BCUT2D eigenvalue weighted by Crippen LogP contribution is 2.34. The Morgan fingerprint density at radius 3 is 2.12 bits per heavy atom. The standard InChI is InChI=1S/C28H26F3NO2/c1-18(2)3-13-25(20-4-6-21(7-5-20)27(33)34)32-16-15-23-17-22(10-14-26(23)32)19-8-11-24(12-9-19)28(29,30)31/h4-12,14-18,25H,3,13H2,1-2H3,(H,33,34). The summed E-state index contributed by atoms with van der Waals surface area (Å²) in [6.45, 7) is 4.35. The Labute approximate surface area is 196 Å². The van der Waals surface area contributed by atoms with Gasteiger partial charge in [0.2, 0.25) is 0 Å². The number of hydrogen-bond donors (Lipinski definition) is 1. The molecular formula is C28H26F3NO2. The van der Waals surface area contributed by atoms with Crippen LogP contribution in [-0.4, -0.2) is 15.6 Å². The molecule has 6 heteroatoms. The third kappa shape index (κ3) is 5.01. The van der Waals surface area contributed by atoms with Crippen LogP contribution in [0, 0.1) is 5.92 Å². The molecule has 1 N–H and O–H groups in total. The molecule has 0 aliphatic rings. The van der Waals surface area contributed by atoms with Crippen molar-refractivity contribution in [3.05, 3.63) is 95.7 Å². The molecule has 1 unspecified atom stereocenters. The second-order valence-electron chi connectivity index (χ2n) is 8.99. The van der Waals surface area contributed by atoms with Gasteiger partial charge in [-0.05, 0) is 77.9 Å². The van der Waals surface area contributed by atoms with Gasteiger partial charge in [-0.2, -0.15) is 13.2 Å². The van der Waals surface area contributed by atoms with Crippen molar-refractivity contribution in [2.24, 2.45) is 5.92 Å². The molecule has 0 aliphatic carbocycles. The number of carboxylic acids is 1. The molecule has 0 saturated carbocycles. The van der Waals surface area contributed by atoms with E-state index in [2.05, 4.69) is 18.4 Å². The molecule has 0 bridgehead atoms. The van der Waals surface area contributed by atoms with Crippen molar-refractivity contribution in [3.63, 3.8) is 0 Å². The van der Waals surface area contributed by atoms with Gasteiger partial charge in [-0.25, -0.2) is 4.79 Å². The number of nitrogens with zero attached hydrogens (tertiary/aromatic N) is 1. The molecule has 176 valence electrons. The minimum absolute atomic E-state index is 0.0414. The number of alkyl halides is 3. The van der Waals surface area contributed by atoms with Gasteiger partial charge in [0.15, 0.2) is 0 Å². The molecule has 0 radical (unpaired) electrons. The quantitative estimate of drug-likeness (QED) is 0.300. The van der Waals surface area contributed by atoms with Gasteiger partial charge < -0.3 is 9.67 Å². The Morgan fingerprint density at radius 2 is 1.53 bits per heavy atom. The third-order valence-electron chi connectivity index (χ3n) is 6.16. The molecule has 1 aromatic heterocycles. The van der Waals surface area contributed by atoms with Gasteiger partial charge >= 0.3 is 12.1 Å². The lowest BCUT2D eigenvalue weighted by Crippen LogP contribution is -2.11. The Kier molecular flexibility index (Phi) is 6.51. The first-order chi connectivity index (χ1) is 16.1. The van der Waals surface area contributed by atoms with Crippen LogP contribution in [0.1, 0.15) is 54.2 Å². The summed E-state index contributed by atoms with van der Waals surface area (Å²) < 4.78 is 40.9. The molecule has 0 aliphatic heterocycles. The summed E-state index contributed by atoms with van der Waals surface area (Å²) in [4.78, 5) is 11.3. The van der Waals surface area contributed by atoms with E-state index in [0.29, 0.717) is 5.92 Å². The zero-order valence-corrected chi connectivity index (χ0v) is 19.0. The molecule has 4 aromatic rings. The van der Waals surface area contributed by atoms with Crippen molar-refractivity contribution in [1.82, 2.24) is 4.57 Å². The van der Waals surface area contributed by atoms with Crippen LogP contribution in [0.3, 0.4) is 0 Å². The molecule has 34 heavy (non-hydrogen) atoms. The molecule has 3 aromatic carbocycles. The van der Waals surface area contributed by atoms with E-state index in [9.17, 15) is 23.1 Å². The second-order valence-corrected chi connectivity index (χ2v) is 8.99. The predicted molar refractivity (Wildman–Crippen MR) is 128 cm³/mol. The van der Waals surface area contributed by atoms with Crippen molar-refractivity contribution >= 4 is 16.9 Å². The maximum Gasteiger partial charge on any atom is 0.416 e. The minimum atomic E-state index is -4.35. The van der Waals surface area contributed by atoms with E-state index in [1.54, 1.807) is 12.1 Å². The molecule has 0 saturated heterocycles. The van der Waals surface area contributed by atoms with Crippen LogP contribution in [0.4, 0.5) is 13.2 Å². The van der Waals surface area contributed by atoms with E-state index in [1.807, 2.05) is 42.6 Å².